The molecule has 1 aromatic heterocycles. The SMILES string of the molecule is Cc1ccc(C(C)C)c(OCCCn2c(CNC(=O)C3CCCCC3)nc3ccccc32)c1. The van der Waals surface area contributed by atoms with Gasteiger partial charge in [0.05, 0.1) is 24.2 Å². The summed E-state index contributed by atoms with van der Waals surface area (Å²) < 4.78 is 8.44. The molecule has 0 saturated heterocycles. The summed E-state index contributed by atoms with van der Waals surface area (Å²) in [6, 6.07) is 14.7. The van der Waals surface area contributed by atoms with Gasteiger partial charge in [0.2, 0.25) is 5.91 Å². The van der Waals surface area contributed by atoms with Gasteiger partial charge in [-0.15, -0.1) is 0 Å². The van der Waals surface area contributed by atoms with E-state index in [-0.39, 0.29) is 11.8 Å². The van der Waals surface area contributed by atoms with Crippen molar-refractivity contribution < 1.29 is 9.53 Å². The van der Waals surface area contributed by atoms with Crippen LogP contribution in [0.15, 0.2) is 42.5 Å². The maximum atomic E-state index is 12.7. The smallest absolute Gasteiger partial charge is 0.223 e. The minimum atomic E-state index is 0.162. The van der Waals surface area contributed by atoms with Crippen molar-refractivity contribution in [3.63, 3.8) is 0 Å². The maximum Gasteiger partial charge on any atom is 0.223 e. The van der Waals surface area contributed by atoms with Crippen molar-refractivity contribution in [3.05, 3.63) is 59.4 Å². The van der Waals surface area contributed by atoms with Crippen LogP contribution in [-0.4, -0.2) is 22.1 Å². The maximum absolute atomic E-state index is 12.7. The number of nitrogens with zero attached hydrogens (tertiary/aromatic N) is 2. The van der Waals surface area contributed by atoms with Crippen molar-refractivity contribution in [2.45, 2.75) is 78.3 Å². The first kappa shape index (κ1) is 23.3. The fourth-order valence-corrected chi connectivity index (χ4v) is 4.83. The summed E-state index contributed by atoms with van der Waals surface area (Å²) in [6.45, 7) is 8.41. The van der Waals surface area contributed by atoms with Crippen LogP contribution in [-0.2, 0) is 17.9 Å². The topological polar surface area (TPSA) is 56.1 Å². The Hall–Kier alpha value is -2.82. The molecule has 0 bridgehead atoms. The molecule has 0 radical (unpaired) electrons. The van der Waals surface area contributed by atoms with Gasteiger partial charge in [0.15, 0.2) is 0 Å². The molecule has 2 aromatic carbocycles. The number of carbonyl (C=O) groups is 1. The predicted molar refractivity (Wildman–Crippen MR) is 134 cm³/mol. The molecule has 5 heteroatoms. The van der Waals surface area contributed by atoms with Crippen molar-refractivity contribution in [3.8, 4) is 5.75 Å². The van der Waals surface area contributed by atoms with Gasteiger partial charge >= 0.3 is 0 Å². The molecule has 0 aliphatic heterocycles. The quantitative estimate of drug-likeness (QED) is 0.401. The van der Waals surface area contributed by atoms with Gasteiger partial charge in [-0.1, -0.05) is 57.4 Å². The minimum Gasteiger partial charge on any atom is -0.493 e. The van der Waals surface area contributed by atoms with E-state index in [0.29, 0.717) is 19.1 Å². The average Bonchev–Trinajstić information content (AvgIpc) is 3.18. The van der Waals surface area contributed by atoms with Crippen LogP contribution in [0.2, 0.25) is 0 Å². The molecule has 1 aliphatic carbocycles. The fourth-order valence-electron chi connectivity index (χ4n) is 4.83. The van der Waals surface area contributed by atoms with E-state index in [9.17, 15) is 4.79 Å². The Balaban J connectivity index is 1.41. The Morgan fingerprint density at radius 2 is 1.94 bits per heavy atom. The van der Waals surface area contributed by atoms with Gasteiger partial charge in [-0.25, -0.2) is 4.98 Å². The number of carbonyl (C=O) groups excluding carboxylic acids is 1. The lowest BCUT2D eigenvalue weighted by atomic mass is 9.89. The van der Waals surface area contributed by atoms with Crippen LogP contribution in [0.1, 0.15) is 75.2 Å². The second-order valence-electron chi connectivity index (χ2n) is 9.62. The highest BCUT2D eigenvalue weighted by Gasteiger charge is 2.21. The molecule has 5 nitrogen and oxygen atoms in total. The third kappa shape index (κ3) is 5.76. The van der Waals surface area contributed by atoms with Gasteiger partial charge in [0.25, 0.3) is 0 Å². The zero-order valence-electron chi connectivity index (χ0n) is 20.3. The molecule has 1 saturated carbocycles. The second kappa shape index (κ2) is 10.9. The van der Waals surface area contributed by atoms with Crippen LogP contribution in [0.5, 0.6) is 5.75 Å². The summed E-state index contributed by atoms with van der Waals surface area (Å²) in [5, 5.41) is 3.16. The van der Waals surface area contributed by atoms with E-state index in [1.807, 2.05) is 18.2 Å². The molecule has 0 unspecified atom stereocenters. The molecule has 0 atom stereocenters. The normalized spacial score (nSPS) is 14.7. The van der Waals surface area contributed by atoms with E-state index in [1.165, 1.54) is 17.5 Å². The fraction of sp³-hybridized carbons (Fsp3) is 0.500. The summed E-state index contributed by atoms with van der Waals surface area (Å²) in [6.07, 6.45) is 6.47. The average molecular weight is 448 g/mol. The lowest BCUT2D eigenvalue weighted by Gasteiger charge is -2.20. The molecule has 1 fully saturated rings. The first-order valence-electron chi connectivity index (χ1n) is 12.5. The number of nitrogens with one attached hydrogen (secondary N) is 1. The molecule has 3 aromatic rings. The number of ether oxygens (including phenoxy) is 1. The van der Waals surface area contributed by atoms with Gasteiger partial charge < -0.3 is 14.6 Å². The minimum absolute atomic E-state index is 0.162. The highest BCUT2D eigenvalue weighted by atomic mass is 16.5. The molecule has 1 heterocycles. The second-order valence-corrected chi connectivity index (χ2v) is 9.62. The van der Waals surface area contributed by atoms with Crippen LogP contribution < -0.4 is 10.1 Å². The van der Waals surface area contributed by atoms with E-state index >= 15 is 0 Å². The van der Waals surface area contributed by atoms with Crippen molar-refractivity contribution >= 4 is 16.9 Å². The van der Waals surface area contributed by atoms with Crippen LogP contribution in [0, 0.1) is 12.8 Å². The Morgan fingerprint density at radius 3 is 2.73 bits per heavy atom. The van der Waals surface area contributed by atoms with Crippen molar-refractivity contribution in [2.75, 3.05) is 6.61 Å². The van der Waals surface area contributed by atoms with Crippen molar-refractivity contribution in [1.29, 1.82) is 0 Å². The van der Waals surface area contributed by atoms with Crippen LogP contribution >= 0.6 is 0 Å². The van der Waals surface area contributed by atoms with Gasteiger partial charge in [-0.05, 0) is 61.4 Å². The van der Waals surface area contributed by atoms with E-state index in [0.717, 1.165) is 61.3 Å². The van der Waals surface area contributed by atoms with E-state index < -0.39 is 0 Å². The van der Waals surface area contributed by atoms with Gasteiger partial charge in [-0.2, -0.15) is 0 Å². The summed E-state index contributed by atoms with van der Waals surface area (Å²) in [5.74, 6) is 2.67. The van der Waals surface area contributed by atoms with E-state index in [1.54, 1.807) is 0 Å². The summed E-state index contributed by atoms with van der Waals surface area (Å²) >= 11 is 0. The largest absolute Gasteiger partial charge is 0.493 e. The number of hydrogen-bond donors (Lipinski definition) is 1. The predicted octanol–water partition coefficient (Wildman–Crippen LogP) is 6.13. The molecular formula is C28H37N3O2. The molecule has 176 valence electrons. The van der Waals surface area contributed by atoms with E-state index in [4.69, 9.17) is 9.72 Å². The molecule has 4 rings (SSSR count). The monoisotopic (exact) mass is 447 g/mol. The summed E-state index contributed by atoms with van der Waals surface area (Å²) in [4.78, 5) is 17.5. The van der Waals surface area contributed by atoms with E-state index in [2.05, 4.69) is 54.9 Å². The van der Waals surface area contributed by atoms with Gasteiger partial charge in [0.1, 0.15) is 11.6 Å². The van der Waals surface area contributed by atoms with Gasteiger partial charge in [-0.3, -0.25) is 4.79 Å². The van der Waals surface area contributed by atoms with Crippen LogP contribution in [0.4, 0.5) is 0 Å². The summed E-state index contributed by atoms with van der Waals surface area (Å²) in [5.41, 5.74) is 4.55. The first-order chi connectivity index (χ1) is 16.0. The number of rotatable bonds is 9. The molecule has 1 amide bonds. The van der Waals surface area contributed by atoms with Crippen LogP contribution in [0.25, 0.3) is 11.0 Å². The molecule has 1 aliphatic rings. The Morgan fingerprint density at radius 1 is 1.15 bits per heavy atom. The molecule has 33 heavy (non-hydrogen) atoms. The Kier molecular flexibility index (Phi) is 7.69. The van der Waals surface area contributed by atoms with Crippen LogP contribution in [0.3, 0.4) is 0 Å². The Labute approximate surface area is 197 Å². The number of hydrogen-bond acceptors (Lipinski definition) is 3. The molecule has 0 spiro atoms. The number of aromatic nitrogens is 2. The first-order valence-corrected chi connectivity index (χ1v) is 12.5. The third-order valence-corrected chi connectivity index (χ3v) is 6.70. The highest BCUT2D eigenvalue weighted by molar-refractivity contribution is 5.79. The number of fused-ring (bicyclic) bond motifs is 1. The molecular weight excluding hydrogens is 410 g/mol. The standard InChI is InChI=1S/C28H37N3O2/c1-20(2)23-15-14-21(3)18-26(23)33-17-9-16-31-25-13-8-7-12-24(25)30-27(31)19-29-28(32)22-10-5-4-6-11-22/h7-8,12-15,18,20,22H,4-6,9-11,16-17,19H2,1-3H3,(H,29,32). The number of benzene rings is 2. The zero-order chi connectivity index (χ0) is 23.2. The number of para-hydroxylation sites is 2. The molecule has 1 N–H and O–H groups in total. The Bertz CT molecular complexity index is 1080. The third-order valence-electron chi connectivity index (χ3n) is 6.70. The number of imidazole rings is 1. The highest BCUT2D eigenvalue weighted by Crippen LogP contribution is 2.28. The lowest BCUT2D eigenvalue weighted by Crippen LogP contribution is -2.32. The zero-order valence-corrected chi connectivity index (χ0v) is 20.3. The number of aryl methyl sites for hydroxylation is 2. The summed E-state index contributed by atoms with van der Waals surface area (Å²) in [7, 11) is 0. The number of amides is 1. The lowest BCUT2D eigenvalue weighted by molar-refractivity contribution is -0.126. The van der Waals surface area contributed by atoms with Crippen molar-refractivity contribution in [2.24, 2.45) is 5.92 Å². The van der Waals surface area contributed by atoms with Crippen molar-refractivity contribution in [1.82, 2.24) is 14.9 Å². The van der Waals surface area contributed by atoms with Gasteiger partial charge in [0, 0.05) is 12.5 Å².